The largest absolute Gasteiger partial charge is 0.378 e. The van der Waals surface area contributed by atoms with Gasteiger partial charge in [-0.25, -0.2) is 0 Å². The summed E-state index contributed by atoms with van der Waals surface area (Å²) in [6, 6.07) is 7.27. The van der Waals surface area contributed by atoms with Crippen LogP contribution in [0.15, 0.2) is 29.4 Å². The molecule has 1 fully saturated rings. The van der Waals surface area contributed by atoms with Crippen molar-refractivity contribution in [2.75, 3.05) is 42.3 Å². The number of benzene rings is 1. The molecule has 4 rings (SSSR count). The highest BCUT2D eigenvalue weighted by molar-refractivity contribution is 7.98. The van der Waals surface area contributed by atoms with E-state index in [0.717, 1.165) is 36.4 Å². The Hall–Kier alpha value is -2.63. The molecule has 1 aliphatic rings. The molecule has 1 saturated heterocycles. The van der Waals surface area contributed by atoms with Crippen molar-refractivity contribution in [3.63, 3.8) is 0 Å². The molecule has 1 aliphatic heterocycles. The molecule has 0 spiro atoms. The van der Waals surface area contributed by atoms with Crippen LogP contribution < -0.4 is 16.0 Å². The van der Waals surface area contributed by atoms with Gasteiger partial charge in [0.05, 0.1) is 19.0 Å². The van der Waals surface area contributed by atoms with Crippen LogP contribution >= 0.6 is 23.4 Å². The molecule has 12 heteroatoms. The van der Waals surface area contributed by atoms with Crippen LogP contribution in [0.1, 0.15) is 19.7 Å². The number of ether oxygens (including phenoxy) is 1. The average molecular weight is 476 g/mol. The second-order valence-corrected chi connectivity index (χ2v) is 9.12. The second-order valence-electron chi connectivity index (χ2n) is 7.74. The maximum atomic E-state index is 5.95. The summed E-state index contributed by atoms with van der Waals surface area (Å²) in [5.74, 6) is 2.92. The number of hydrogen-bond donors (Lipinski definition) is 2. The van der Waals surface area contributed by atoms with Crippen LogP contribution in [-0.2, 0) is 17.0 Å². The van der Waals surface area contributed by atoms with Crippen molar-refractivity contribution in [3.05, 3.63) is 35.1 Å². The summed E-state index contributed by atoms with van der Waals surface area (Å²) < 4.78 is 7.64. The van der Waals surface area contributed by atoms with Gasteiger partial charge in [0.1, 0.15) is 5.82 Å². The molecule has 1 aromatic carbocycles. The van der Waals surface area contributed by atoms with Crippen LogP contribution in [0.4, 0.5) is 23.5 Å². The molecule has 0 amide bonds. The zero-order valence-corrected chi connectivity index (χ0v) is 19.6. The molecule has 0 aliphatic carbocycles. The smallest absolute Gasteiger partial charge is 0.232 e. The Labute approximate surface area is 195 Å². The lowest BCUT2D eigenvalue weighted by Crippen LogP contribution is -2.38. The molecule has 32 heavy (non-hydrogen) atoms. The lowest BCUT2D eigenvalue weighted by atomic mass is 10.2. The fourth-order valence-electron chi connectivity index (χ4n) is 3.26. The van der Waals surface area contributed by atoms with Crippen LogP contribution in [-0.4, -0.2) is 56.0 Å². The van der Waals surface area contributed by atoms with E-state index in [1.165, 1.54) is 11.8 Å². The number of nitrogens with zero attached hydrogens (tertiary/aromatic N) is 7. The fourth-order valence-corrected chi connectivity index (χ4v) is 4.18. The summed E-state index contributed by atoms with van der Waals surface area (Å²) in [5, 5.41) is 13.5. The Morgan fingerprint density at radius 2 is 1.88 bits per heavy atom. The number of thioether (sulfide) groups is 1. The minimum atomic E-state index is 0.157. The molecular weight excluding hydrogens is 450 g/mol. The molecule has 3 aromatic rings. The van der Waals surface area contributed by atoms with Gasteiger partial charge < -0.3 is 20.7 Å². The maximum Gasteiger partial charge on any atom is 0.232 e. The minimum absolute atomic E-state index is 0.157. The van der Waals surface area contributed by atoms with Gasteiger partial charge in [-0.05, 0) is 30.2 Å². The van der Waals surface area contributed by atoms with Crippen LogP contribution in [0.2, 0.25) is 5.02 Å². The molecule has 0 unspecified atom stereocenters. The number of nitrogen functional groups attached to an aromatic ring is 1. The first-order chi connectivity index (χ1) is 15.5. The molecule has 0 bridgehead atoms. The van der Waals surface area contributed by atoms with Crippen LogP contribution in [0.25, 0.3) is 0 Å². The Bertz CT molecular complexity index is 1040. The molecular formula is C20H26ClN9OS. The highest BCUT2D eigenvalue weighted by Gasteiger charge is 2.21. The topological polar surface area (TPSA) is 120 Å². The fraction of sp³-hybridized carbons (Fsp3) is 0.450. The van der Waals surface area contributed by atoms with Gasteiger partial charge in [-0.3, -0.25) is 4.57 Å². The van der Waals surface area contributed by atoms with Gasteiger partial charge in [-0.1, -0.05) is 37.2 Å². The Kier molecular flexibility index (Phi) is 7.28. The van der Waals surface area contributed by atoms with Gasteiger partial charge >= 0.3 is 0 Å². The molecule has 0 atom stereocenters. The van der Waals surface area contributed by atoms with E-state index in [4.69, 9.17) is 22.1 Å². The standard InChI is InChI=1S/C20H26ClN9OS/c1-13(2)11-30-19(29-7-9-31-10-8-29)27-28-20(30)32-12-16-24-17(22)26-18(25-16)23-15-5-3-14(21)4-6-15/h3-6,13H,7-12H2,1-2H3,(H3,22,23,24,25,26). The lowest BCUT2D eigenvalue weighted by molar-refractivity contribution is 0.121. The maximum absolute atomic E-state index is 5.95. The average Bonchev–Trinajstić information content (AvgIpc) is 3.16. The summed E-state index contributed by atoms with van der Waals surface area (Å²) in [4.78, 5) is 15.2. The minimum Gasteiger partial charge on any atom is -0.378 e. The van der Waals surface area contributed by atoms with Crippen molar-refractivity contribution in [3.8, 4) is 0 Å². The van der Waals surface area contributed by atoms with Crippen molar-refractivity contribution in [1.29, 1.82) is 0 Å². The van der Waals surface area contributed by atoms with E-state index in [-0.39, 0.29) is 5.95 Å². The Morgan fingerprint density at radius 3 is 2.59 bits per heavy atom. The van der Waals surface area contributed by atoms with Crippen molar-refractivity contribution in [2.45, 2.75) is 31.3 Å². The normalized spacial score (nSPS) is 14.2. The van der Waals surface area contributed by atoms with E-state index in [9.17, 15) is 0 Å². The van der Waals surface area contributed by atoms with Gasteiger partial charge in [0.2, 0.25) is 17.8 Å². The first-order valence-electron chi connectivity index (χ1n) is 10.4. The number of anilines is 4. The number of rotatable bonds is 8. The first kappa shape index (κ1) is 22.6. The Morgan fingerprint density at radius 1 is 1.12 bits per heavy atom. The third-order valence-electron chi connectivity index (χ3n) is 4.67. The van der Waals surface area contributed by atoms with E-state index in [1.54, 1.807) is 12.1 Å². The van der Waals surface area contributed by atoms with Crippen molar-refractivity contribution in [1.82, 2.24) is 29.7 Å². The van der Waals surface area contributed by atoms with Crippen LogP contribution in [0.3, 0.4) is 0 Å². The van der Waals surface area contributed by atoms with Crippen molar-refractivity contribution in [2.24, 2.45) is 5.92 Å². The quantitative estimate of drug-likeness (QED) is 0.469. The molecule has 0 saturated carbocycles. The zero-order chi connectivity index (χ0) is 22.5. The van der Waals surface area contributed by atoms with E-state index in [2.05, 4.69) is 53.8 Å². The molecule has 170 valence electrons. The van der Waals surface area contributed by atoms with Gasteiger partial charge in [-0.2, -0.15) is 15.0 Å². The molecule has 2 aromatic heterocycles. The zero-order valence-electron chi connectivity index (χ0n) is 18.0. The van der Waals surface area contributed by atoms with E-state index >= 15 is 0 Å². The number of hydrogen-bond acceptors (Lipinski definition) is 10. The van der Waals surface area contributed by atoms with Gasteiger partial charge in [0.25, 0.3) is 0 Å². The summed E-state index contributed by atoms with van der Waals surface area (Å²) >= 11 is 7.48. The van der Waals surface area contributed by atoms with E-state index < -0.39 is 0 Å². The number of nitrogens with one attached hydrogen (secondary N) is 1. The highest BCUT2D eigenvalue weighted by atomic mass is 35.5. The third kappa shape index (κ3) is 5.78. The predicted octanol–water partition coefficient (Wildman–Crippen LogP) is 3.23. The van der Waals surface area contributed by atoms with Gasteiger partial charge in [0, 0.05) is 30.3 Å². The number of halogens is 1. The summed E-state index contributed by atoms with van der Waals surface area (Å²) in [6.07, 6.45) is 0. The molecule has 10 nitrogen and oxygen atoms in total. The second kappa shape index (κ2) is 10.3. The monoisotopic (exact) mass is 475 g/mol. The molecule has 3 heterocycles. The SMILES string of the molecule is CC(C)Cn1c(SCc2nc(N)nc(Nc3ccc(Cl)cc3)n2)nnc1N1CCOCC1. The summed E-state index contributed by atoms with van der Waals surface area (Å²) in [6.45, 7) is 8.20. The molecule has 0 radical (unpaired) electrons. The van der Waals surface area contributed by atoms with E-state index in [0.29, 0.717) is 41.7 Å². The summed E-state index contributed by atoms with van der Waals surface area (Å²) in [7, 11) is 0. The van der Waals surface area contributed by atoms with Gasteiger partial charge in [0.15, 0.2) is 5.16 Å². The van der Waals surface area contributed by atoms with Crippen LogP contribution in [0, 0.1) is 5.92 Å². The highest BCUT2D eigenvalue weighted by Crippen LogP contribution is 2.26. The Balaban J connectivity index is 1.49. The van der Waals surface area contributed by atoms with E-state index in [1.807, 2.05) is 12.1 Å². The number of morpholine rings is 1. The van der Waals surface area contributed by atoms with Crippen molar-refractivity contribution >= 4 is 46.9 Å². The lowest BCUT2D eigenvalue weighted by Gasteiger charge is -2.28. The van der Waals surface area contributed by atoms with Crippen LogP contribution in [0.5, 0.6) is 0 Å². The van der Waals surface area contributed by atoms with Gasteiger partial charge in [-0.15, -0.1) is 10.2 Å². The predicted molar refractivity (Wildman–Crippen MR) is 126 cm³/mol. The summed E-state index contributed by atoms with van der Waals surface area (Å²) in [5.41, 5.74) is 6.73. The number of aromatic nitrogens is 6. The third-order valence-corrected chi connectivity index (χ3v) is 5.88. The van der Waals surface area contributed by atoms with Crippen molar-refractivity contribution < 1.29 is 4.74 Å². The number of nitrogens with two attached hydrogens (primary N) is 1. The molecule has 3 N–H and O–H groups in total. The first-order valence-corrected chi connectivity index (χ1v) is 11.8.